The lowest BCUT2D eigenvalue weighted by Gasteiger charge is -2.56. The van der Waals surface area contributed by atoms with Crippen LogP contribution in [0.3, 0.4) is 0 Å². The number of benzene rings is 1. The van der Waals surface area contributed by atoms with Gasteiger partial charge in [-0.2, -0.15) is 0 Å². The third kappa shape index (κ3) is 2.90. The molecular formula is C22H28N2OS. The predicted molar refractivity (Wildman–Crippen MR) is 107 cm³/mol. The zero-order valence-electron chi connectivity index (χ0n) is 15.6. The molecule has 0 saturated heterocycles. The van der Waals surface area contributed by atoms with Crippen LogP contribution in [0.2, 0.25) is 0 Å². The van der Waals surface area contributed by atoms with Crippen molar-refractivity contribution in [3.05, 3.63) is 35.4 Å². The van der Waals surface area contributed by atoms with Crippen molar-refractivity contribution in [2.45, 2.75) is 51.2 Å². The third-order valence-corrected chi connectivity index (χ3v) is 8.11. The maximum absolute atomic E-state index is 13.6. The van der Waals surface area contributed by atoms with Crippen LogP contribution < -0.4 is 0 Å². The summed E-state index contributed by atoms with van der Waals surface area (Å²) < 4.78 is 0. The number of thioether (sulfide) groups is 1. The highest BCUT2D eigenvalue weighted by molar-refractivity contribution is 8.13. The highest BCUT2D eigenvalue weighted by Crippen LogP contribution is 2.60. The average Bonchev–Trinajstić information content (AvgIpc) is 3.08. The van der Waals surface area contributed by atoms with Gasteiger partial charge in [-0.05, 0) is 68.8 Å². The molecule has 0 unspecified atom stereocenters. The normalized spacial score (nSPS) is 35.0. The minimum Gasteiger partial charge on any atom is -0.289 e. The van der Waals surface area contributed by atoms with Crippen LogP contribution in [0.1, 0.15) is 49.7 Å². The van der Waals surface area contributed by atoms with E-state index in [9.17, 15) is 4.79 Å². The molecule has 0 radical (unpaired) electrons. The van der Waals surface area contributed by atoms with Gasteiger partial charge >= 0.3 is 0 Å². The second kappa shape index (κ2) is 6.40. The van der Waals surface area contributed by atoms with Crippen LogP contribution in [0.4, 0.5) is 0 Å². The summed E-state index contributed by atoms with van der Waals surface area (Å²) >= 11 is 1.74. The largest absolute Gasteiger partial charge is 0.289 e. The number of aliphatic imine (C=N–C) groups is 1. The van der Waals surface area contributed by atoms with Crippen molar-refractivity contribution in [2.75, 3.05) is 13.1 Å². The van der Waals surface area contributed by atoms with Gasteiger partial charge in [-0.15, -0.1) is 0 Å². The molecule has 0 aromatic heterocycles. The topological polar surface area (TPSA) is 32.7 Å². The third-order valence-electron chi connectivity index (χ3n) is 7.03. The number of rotatable bonds is 3. The molecular weight excluding hydrogens is 340 g/mol. The van der Waals surface area contributed by atoms with Gasteiger partial charge in [0.1, 0.15) is 0 Å². The molecule has 3 nitrogen and oxygen atoms in total. The number of amides is 1. The van der Waals surface area contributed by atoms with Crippen LogP contribution in [0, 0.1) is 30.1 Å². The predicted octanol–water partition coefficient (Wildman–Crippen LogP) is 4.64. The minimum atomic E-state index is -0.0513. The van der Waals surface area contributed by atoms with Gasteiger partial charge in [-0.25, -0.2) is 0 Å². The smallest absolute Gasteiger partial charge is 0.234 e. The number of hydrogen-bond donors (Lipinski definition) is 0. The molecule has 138 valence electrons. The van der Waals surface area contributed by atoms with Crippen LogP contribution in [-0.4, -0.2) is 29.1 Å². The second-order valence-corrected chi connectivity index (χ2v) is 10.0. The van der Waals surface area contributed by atoms with Crippen molar-refractivity contribution in [2.24, 2.45) is 28.2 Å². The number of hydrogen-bond acceptors (Lipinski definition) is 3. The molecule has 4 aliphatic carbocycles. The minimum absolute atomic E-state index is 0.0513. The van der Waals surface area contributed by atoms with Crippen molar-refractivity contribution in [1.29, 1.82) is 0 Å². The molecule has 0 atom stereocenters. The summed E-state index contributed by atoms with van der Waals surface area (Å²) in [7, 11) is 0. The van der Waals surface area contributed by atoms with E-state index in [1.165, 1.54) is 30.4 Å². The zero-order valence-corrected chi connectivity index (χ0v) is 16.4. The van der Waals surface area contributed by atoms with E-state index in [2.05, 4.69) is 36.2 Å². The lowest BCUT2D eigenvalue weighted by atomic mass is 9.49. The van der Waals surface area contributed by atoms with Crippen LogP contribution in [0.15, 0.2) is 29.3 Å². The summed E-state index contributed by atoms with van der Waals surface area (Å²) in [6, 6.07) is 8.68. The summed E-state index contributed by atoms with van der Waals surface area (Å²) in [4.78, 5) is 20.3. The fraction of sp³-hybridized carbons (Fsp3) is 0.636. The van der Waals surface area contributed by atoms with Crippen molar-refractivity contribution in [3.63, 3.8) is 0 Å². The van der Waals surface area contributed by atoms with Crippen molar-refractivity contribution in [3.8, 4) is 0 Å². The van der Waals surface area contributed by atoms with Gasteiger partial charge in [0.2, 0.25) is 5.91 Å². The van der Waals surface area contributed by atoms with Crippen molar-refractivity contribution in [1.82, 2.24) is 4.90 Å². The lowest BCUT2D eigenvalue weighted by molar-refractivity contribution is -0.152. The first kappa shape index (κ1) is 16.9. The number of nitrogens with zero attached hydrogens (tertiary/aromatic N) is 2. The Morgan fingerprint density at radius 3 is 2.35 bits per heavy atom. The highest BCUT2D eigenvalue weighted by atomic mass is 32.2. The molecule has 1 aliphatic heterocycles. The monoisotopic (exact) mass is 368 g/mol. The SMILES string of the molecule is Cc1ccc(CSC2=NCCN2C(=O)C23CC4CC(CC(C4)C2)C3)cc1. The molecule has 1 aromatic rings. The Labute approximate surface area is 160 Å². The van der Waals surface area contributed by atoms with Gasteiger partial charge in [-0.1, -0.05) is 41.6 Å². The Morgan fingerprint density at radius 2 is 1.73 bits per heavy atom. The summed E-state index contributed by atoms with van der Waals surface area (Å²) in [5, 5.41) is 0.964. The molecule has 4 heteroatoms. The molecule has 26 heavy (non-hydrogen) atoms. The van der Waals surface area contributed by atoms with Gasteiger partial charge < -0.3 is 0 Å². The van der Waals surface area contributed by atoms with Crippen molar-refractivity contribution < 1.29 is 4.79 Å². The molecule has 1 heterocycles. The molecule has 6 rings (SSSR count). The Morgan fingerprint density at radius 1 is 1.12 bits per heavy atom. The second-order valence-electron chi connectivity index (χ2n) is 9.09. The molecule has 4 saturated carbocycles. The van der Waals surface area contributed by atoms with Gasteiger partial charge in [0.15, 0.2) is 5.17 Å². The molecule has 1 aromatic carbocycles. The maximum Gasteiger partial charge on any atom is 0.234 e. The van der Waals surface area contributed by atoms with Crippen LogP contribution >= 0.6 is 11.8 Å². The van der Waals surface area contributed by atoms with Gasteiger partial charge in [-0.3, -0.25) is 14.7 Å². The van der Waals surface area contributed by atoms with E-state index in [1.54, 1.807) is 11.8 Å². The van der Waals surface area contributed by atoms with Gasteiger partial charge in [0.05, 0.1) is 12.0 Å². The van der Waals surface area contributed by atoms with E-state index in [1.807, 2.05) is 4.90 Å². The Balaban J connectivity index is 1.29. The Hall–Kier alpha value is -1.29. The van der Waals surface area contributed by atoms with Crippen LogP contribution in [-0.2, 0) is 10.5 Å². The summed E-state index contributed by atoms with van der Waals surface area (Å²) in [6.07, 6.45) is 7.58. The first-order chi connectivity index (χ1) is 12.6. The van der Waals surface area contributed by atoms with E-state index in [-0.39, 0.29) is 5.41 Å². The zero-order chi connectivity index (χ0) is 17.7. The first-order valence-corrected chi connectivity index (χ1v) is 11.1. The Kier molecular flexibility index (Phi) is 4.15. The fourth-order valence-electron chi connectivity index (χ4n) is 6.23. The quantitative estimate of drug-likeness (QED) is 0.778. The number of carbonyl (C=O) groups excluding carboxylic acids is 1. The summed E-state index contributed by atoms with van der Waals surface area (Å²) in [5.41, 5.74) is 2.54. The fourth-order valence-corrected chi connectivity index (χ4v) is 7.23. The highest BCUT2D eigenvalue weighted by Gasteiger charge is 2.56. The molecule has 0 N–H and O–H groups in total. The molecule has 0 spiro atoms. The van der Waals surface area contributed by atoms with Gasteiger partial charge in [0, 0.05) is 12.3 Å². The summed E-state index contributed by atoms with van der Waals surface area (Å²) in [5.74, 6) is 3.74. The lowest BCUT2D eigenvalue weighted by Crippen LogP contribution is -2.55. The standard InChI is InChI=1S/C22H28N2OS/c1-15-2-4-16(5-3-15)14-26-21-23-6-7-24(21)20(25)22-11-17-8-18(12-22)10-19(9-17)13-22/h2-5,17-19H,6-14H2,1H3. The molecule has 4 fully saturated rings. The van der Waals surface area contributed by atoms with E-state index < -0.39 is 0 Å². The number of carbonyl (C=O) groups is 1. The van der Waals surface area contributed by atoms with E-state index in [0.717, 1.165) is 61.0 Å². The number of amidine groups is 1. The van der Waals surface area contributed by atoms with Crippen molar-refractivity contribution >= 4 is 22.8 Å². The van der Waals surface area contributed by atoms with E-state index in [0.29, 0.717) is 5.91 Å². The molecule has 4 bridgehead atoms. The Bertz CT molecular complexity index is 704. The maximum atomic E-state index is 13.6. The van der Waals surface area contributed by atoms with Crippen LogP contribution in [0.5, 0.6) is 0 Å². The van der Waals surface area contributed by atoms with E-state index >= 15 is 0 Å². The first-order valence-electron chi connectivity index (χ1n) is 10.2. The number of aryl methyl sites for hydroxylation is 1. The summed E-state index contributed by atoms with van der Waals surface area (Å²) in [6.45, 7) is 3.68. The van der Waals surface area contributed by atoms with Crippen LogP contribution in [0.25, 0.3) is 0 Å². The van der Waals surface area contributed by atoms with Gasteiger partial charge in [0.25, 0.3) is 0 Å². The average molecular weight is 369 g/mol. The molecule has 1 amide bonds. The molecule has 5 aliphatic rings. The van der Waals surface area contributed by atoms with E-state index in [4.69, 9.17) is 0 Å².